The van der Waals surface area contributed by atoms with E-state index >= 15 is 0 Å². The molecule has 2 atom stereocenters. The van der Waals surface area contributed by atoms with Crippen molar-refractivity contribution in [2.75, 3.05) is 6.61 Å². The molecule has 2 unspecified atom stereocenters. The van der Waals surface area contributed by atoms with Crippen LogP contribution in [-0.2, 0) is 9.53 Å². The van der Waals surface area contributed by atoms with E-state index in [1.54, 1.807) is 24.3 Å². The molecule has 6 nitrogen and oxygen atoms in total. The molecule has 1 fully saturated rings. The summed E-state index contributed by atoms with van der Waals surface area (Å²) in [4.78, 5) is 35.4. The van der Waals surface area contributed by atoms with Crippen LogP contribution in [0.15, 0.2) is 24.3 Å². The maximum atomic E-state index is 11.8. The molecule has 24 heavy (non-hydrogen) atoms. The predicted octanol–water partition coefficient (Wildman–Crippen LogP) is 2.85. The largest absolute Gasteiger partial charge is 0.452 e. The monoisotopic (exact) mass is 444 g/mol. The normalized spacial score (nSPS) is 20.1. The maximum absolute atomic E-state index is 11.8. The Morgan fingerprint density at radius 3 is 2.50 bits per heavy atom. The summed E-state index contributed by atoms with van der Waals surface area (Å²) in [6, 6.07) is 6.34. The topological polar surface area (TPSA) is 84.5 Å². The first-order valence-corrected chi connectivity index (χ1v) is 9.06. The molecule has 0 aromatic heterocycles. The zero-order valence-electron chi connectivity index (χ0n) is 13.5. The lowest BCUT2D eigenvalue weighted by molar-refractivity contribution is -0.123. The van der Waals surface area contributed by atoms with Gasteiger partial charge in [-0.25, -0.2) is 9.59 Å². The van der Waals surface area contributed by atoms with Crippen LogP contribution in [0.3, 0.4) is 0 Å². The van der Waals surface area contributed by atoms with Crippen molar-refractivity contribution >= 4 is 40.5 Å². The molecule has 0 spiro atoms. The summed E-state index contributed by atoms with van der Waals surface area (Å²) in [5.41, 5.74) is 0.365. The predicted molar refractivity (Wildman–Crippen MR) is 97.5 cm³/mol. The molecule has 1 saturated carbocycles. The van der Waals surface area contributed by atoms with Crippen LogP contribution in [0.2, 0.25) is 0 Å². The third-order valence-electron chi connectivity index (χ3n) is 4.10. The lowest BCUT2D eigenvalue weighted by atomic mass is 9.86. The fraction of sp³-hybridized carbons (Fsp3) is 0.471. The first-order chi connectivity index (χ1) is 11.5. The van der Waals surface area contributed by atoms with E-state index in [0.717, 1.165) is 22.8 Å². The van der Waals surface area contributed by atoms with Crippen molar-refractivity contribution in [1.82, 2.24) is 10.6 Å². The van der Waals surface area contributed by atoms with E-state index in [1.807, 2.05) is 0 Å². The van der Waals surface area contributed by atoms with Gasteiger partial charge in [0.2, 0.25) is 0 Å². The second-order valence-electron chi connectivity index (χ2n) is 5.97. The van der Waals surface area contributed by atoms with Gasteiger partial charge in [0.15, 0.2) is 6.61 Å². The molecule has 3 amide bonds. The van der Waals surface area contributed by atoms with Crippen LogP contribution in [-0.4, -0.2) is 30.6 Å². The number of nitrogens with one attached hydrogen (secondary N) is 2. The van der Waals surface area contributed by atoms with Gasteiger partial charge < -0.3 is 10.1 Å². The third-order valence-corrected chi connectivity index (χ3v) is 4.81. The molecule has 0 bridgehead atoms. The van der Waals surface area contributed by atoms with Gasteiger partial charge in [-0.1, -0.05) is 19.8 Å². The zero-order valence-corrected chi connectivity index (χ0v) is 15.7. The summed E-state index contributed by atoms with van der Waals surface area (Å²) in [5, 5.41) is 5.01. The van der Waals surface area contributed by atoms with Gasteiger partial charge in [0.25, 0.3) is 5.91 Å². The van der Waals surface area contributed by atoms with Gasteiger partial charge >= 0.3 is 12.0 Å². The Balaban J connectivity index is 1.73. The molecule has 1 aliphatic carbocycles. The van der Waals surface area contributed by atoms with Crippen LogP contribution >= 0.6 is 22.6 Å². The minimum Gasteiger partial charge on any atom is -0.452 e. The number of urea groups is 1. The van der Waals surface area contributed by atoms with Crippen molar-refractivity contribution in [2.24, 2.45) is 5.92 Å². The number of ether oxygens (including phenoxy) is 1. The van der Waals surface area contributed by atoms with E-state index in [0.29, 0.717) is 11.5 Å². The standard InChI is InChI=1S/C17H21IN2O4/c1-11-4-2-3-5-14(11)19-17(23)20-15(21)10-24-16(22)12-6-8-13(18)9-7-12/h6-9,11,14H,2-5,10H2,1H3,(H2,19,20,21,23). The second kappa shape index (κ2) is 9.00. The van der Waals surface area contributed by atoms with E-state index in [1.165, 1.54) is 6.42 Å². The highest BCUT2D eigenvalue weighted by atomic mass is 127. The molecular formula is C17H21IN2O4. The fourth-order valence-electron chi connectivity index (χ4n) is 2.70. The van der Waals surface area contributed by atoms with Crippen molar-refractivity contribution in [2.45, 2.75) is 38.6 Å². The van der Waals surface area contributed by atoms with E-state index in [2.05, 4.69) is 40.1 Å². The highest BCUT2D eigenvalue weighted by molar-refractivity contribution is 14.1. The number of carbonyl (C=O) groups is 3. The maximum Gasteiger partial charge on any atom is 0.338 e. The number of hydrogen-bond donors (Lipinski definition) is 2. The average molecular weight is 444 g/mol. The van der Waals surface area contributed by atoms with E-state index in [4.69, 9.17) is 4.74 Å². The van der Waals surface area contributed by atoms with Crippen LogP contribution in [0.4, 0.5) is 4.79 Å². The Bertz CT molecular complexity index is 603. The molecule has 7 heteroatoms. The quantitative estimate of drug-likeness (QED) is 0.553. The fourth-order valence-corrected chi connectivity index (χ4v) is 3.06. The molecule has 0 aliphatic heterocycles. The average Bonchev–Trinajstić information content (AvgIpc) is 2.55. The van der Waals surface area contributed by atoms with Gasteiger partial charge in [0.1, 0.15) is 0 Å². The first kappa shape index (κ1) is 18.7. The van der Waals surface area contributed by atoms with Crippen molar-refractivity contribution in [1.29, 1.82) is 0 Å². The van der Waals surface area contributed by atoms with Crippen molar-refractivity contribution in [3.8, 4) is 0 Å². The summed E-state index contributed by atoms with van der Waals surface area (Å²) in [6.45, 7) is 1.60. The van der Waals surface area contributed by atoms with Crippen LogP contribution in [0.5, 0.6) is 0 Å². The van der Waals surface area contributed by atoms with Gasteiger partial charge in [0, 0.05) is 9.61 Å². The molecule has 1 aromatic rings. The van der Waals surface area contributed by atoms with Crippen molar-refractivity contribution < 1.29 is 19.1 Å². The van der Waals surface area contributed by atoms with Gasteiger partial charge in [-0.3, -0.25) is 10.1 Å². The molecule has 1 aliphatic rings. The number of rotatable bonds is 4. The number of hydrogen-bond acceptors (Lipinski definition) is 4. The minimum absolute atomic E-state index is 0.0842. The third kappa shape index (κ3) is 5.77. The summed E-state index contributed by atoms with van der Waals surface area (Å²) >= 11 is 2.13. The molecule has 0 saturated heterocycles. The lowest BCUT2D eigenvalue weighted by Gasteiger charge is -2.29. The number of esters is 1. The van der Waals surface area contributed by atoms with E-state index < -0.39 is 24.5 Å². The van der Waals surface area contributed by atoms with Crippen molar-refractivity contribution in [3.05, 3.63) is 33.4 Å². The molecule has 0 radical (unpaired) electrons. The molecular weight excluding hydrogens is 423 g/mol. The second-order valence-corrected chi connectivity index (χ2v) is 7.22. The van der Waals surface area contributed by atoms with Crippen LogP contribution in [0.25, 0.3) is 0 Å². The number of amides is 3. The van der Waals surface area contributed by atoms with Crippen LogP contribution < -0.4 is 10.6 Å². The number of halogens is 1. The summed E-state index contributed by atoms with van der Waals surface area (Å²) in [6.07, 6.45) is 4.25. The highest BCUT2D eigenvalue weighted by Crippen LogP contribution is 2.23. The van der Waals surface area contributed by atoms with E-state index in [-0.39, 0.29) is 6.04 Å². The van der Waals surface area contributed by atoms with Gasteiger partial charge in [-0.2, -0.15) is 0 Å². The Morgan fingerprint density at radius 1 is 1.17 bits per heavy atom. The number of carbonyl (C=O) groups excluding carboxylic acids is 3. The highest BCUT2D eigenvalue weighted by Gasteiger charge is 2.23. The minimum atomic E-state index is -0.644. The van der Waals surface area contributed by atoms with Gasteiger partial charge in [-0.05, 0) is 65.6 Å². The Hall–Kier alpha value is -1.64. The van der Waals surface area contributed by atoms with Gasteiger partial charge in [0.05, 0.1) is 5.56 Å². The SMILES string of the molecule is CC1CCCCC1NC(=O)NC(=O)COC(=O)c1ccc(I)cc1. The smallest absolute Gasteiger partial charge is 0.338 e. The Morgan fingerprint density at radius 2 is 1.83 bits per heavy atom. The Kier molecular flexibility index (Phi) is 7.01. The molecule has 2 N–H and O–H groups in total. The van der Waals surface area contributed by atoms with E-state index in [9.17, 15) is 14.4 Å². The molecule has 130 valence electrons. The van der Waals surface area contributed by atoms with Gasteiger partial charge in [-0.15, -0.1) is 0 Å². The lowest BCUT2D eigenvalue weighted by Crippen LogP contribution is -2.48. The molecule has 0 heterocycles. The molecule has 1 aromatic carbocycles. The van der Waals surface area contributed by atoms with Crippen LogP contribution in [0.1, 0.15) is 43.0 Å². The summed E-state index contributed by atoms with van der Waals surface area (Å²) in [7, 11) is 0. The summed E-state index contributed by atoms with van der Waals surface area (Å²) < 4.78 is 5.90. The Labute approximate surface area is 154 Å². The van der Waals surface area contributed by atoms with Crippen molar-refractivity contribution in [3.63, 3.8) is 0 Å². The zero-order chi connectivity index (χ0) is 17.5. The first-order valence-electron chi connectivity index (χ1n) is 7.98. The number of benzene rings is 1. The molecule has 2 rings (SSSR count). The van der Waals surface area contributed by atoms with Crippen LogP contribution in [0, 0.1) is 9.49 Å². The number of imide groups is 1. The summed E-state index contributed by atoms with van der Waals surface area (Å²) in [5.74, 6) is -0.837.